The number of thiophene rings is 1. The zero-order chi connectivity index (χ0) is 16.9. The number of nitrogens with zero attached hydrogens (tertiary/aromatic N) is 3. The Bertz CT molecular complexity index is 793. The third-order valence-electron chi connectivity index (χ3n) is 3.71. The summed E-state index contributed by atoms with van der Waals surface area (Å²) in [6.07, 6.45) is 2.07. The number of benzene rings is 1. The van der Waals surface area contributed by atoms with E-state index < -0.39 is 0 Å². The first-order valence-corrected chi connectivity index (χ1v) is 9.96. The van der Waals surface area contributed by atoms with Gasteiger partial charge >= 0.3 is 0 Å². The van der Waals surface area contributed by atoms with Crippen molar-refractivity contribution < 1.29 is 4.39 Å². The van der Waals surface area contributed by atoms with E-state index >= 15 is 0 Å². The van der Waals surface area contributed by atoms with Gasteiger partial charge in [-0.1, -0.05) is 37.7 Å². The van der Waals surface area contributed by atoms with Gasteiger partial charge in [0.05, 0.1) is 0 Å². The third kappa shape index (κ3) is 3.87. The van der Waals surface area contributed by atoms with E-state index in [2.05, 4.69) is 40.1 Å². The maximum atomic E-state index is 13.0. The minimum Gasteiger partial charge on any atom is -0.302 e. The molecule has 3 rings (SSSR count). The Morgan fingerprint density at radius 2 is 1.96 bits per heavy atom. The van der Waals surface area contributed by atoms with Gasteiger partial charge < -0.3 is 4.57 Å². The molecule has 0 aliphatic heterocycles. The van der Waals surface area contributed by atoms with Crippen molar-refractivity contribution in [3.63, 3.8) is 0 Å². The van der Waals surface area contributed by atoms with Crippen LogP contribution in [0.1, 0.15) is 30.7 Å². The van der Waals surface area contributed by atoms with Gasteiger partial charge in [-0.25, -0.2) is 4.39 Å². The molecule has 0 N–H and O–H groups in total. The topological polar surface area (TPSA) is 30.7 Å². The molecule has 0 atom stereocenters. The summed E-state index contributed by atoms with van der Waals surface area (Å²) in [5.74, 6) is 1.49. The van der Waals surface area contributed by atoms with Crippen molar-refractivity contribution in [1.29, 1.82) is 0 Å². The number of hydrogen-bond donors (Lipinski definition) is 0. The van der Waals surface area contributed by atoms with Crippen LogP contribution in [-0.2, 0) is 18.7 Å². The van der Waals surface area contributed by atoms with Crippen LogP contribution >= 0.6 is 23.1 Å². The van der Waals surface area contributed by atoms with Gasteiger partial charge in [0, 0.05) is 28.1 Å². The Morgan fingerprint density at radius 1 is 1.17 bits per heavy atom. The van der Waals surface area contributed by atoms with E-state index in [0.717, 1.165) is 47.2 Å². The molecular formula is C18H20FN3S2. The van der Waals surface area contributed by atoms with Crippen molar-refractivity contribution in [1.82, 2.24) is 14.8 Å². The minimum absolute atomic E-state index is 0.204. The van der Waals surface area contributed by atoms with Crippen molar-refractivity contribution in [2.75, 3.05) is 0 Å². The molecule has 2 aromatic heterocycles. The smallest absolute Gasteiger partial charge is 0.191 e. The highest BCUT2D eigenvalue weighted by Gasteiger charge is 2.15. The minimum atomic E-state index is -0.204. The molecule has 3 nitrogen and oxygen atoms in total. The molecule has 6 heteroatoms. The predicted octanol–water partition coefficient (Wildman–Crippen LogP) is 5.41. The molecule has 1 aromatic carbocycles. The molecule has 0 fully saturated rings. The van der Waals surface area contributed by atoms with Crippen LogP contribution in [-0.4, -0.2) is 14.8 Å². The van der Waals surface area contributed by atoms with E-state index in [0.29, 0.717) is 0 Å². The maximum Gasteiger partial charge on any atom is 0.191 e. The SMILES string of the molecule is CCCn1c(SCc2ccc(F)cc2)nnc1-c1csc(CC)c1. The van der Waals surface area contributed by atoms with Crippen LogP contribution in [0, 0.1) is 5.82 Å². The Morgan fingerprint density at radius 3 is 2.62 bits per heavy atom. The fourth-order valence-corrected chi connectivity index (χ4v) is 4.18. The van der Waals surface area contributed by atoms with Crippen LogP contribution in [0.4, 0.5) is 4.39 Å². The molecule has 0 aliphatic rings. The fraction of sp³-hybridized carbons (Fsp3) is 0.333. The molecule has 0 amide bonds. The second-order valence-corrected chi connectivity index (χ2v) is 7.47. The fourth-order valence-electron chi connectivity index (χ4n) is 2.45. The summed E-state index contributed by atoms with van der Waals surface area (Å²) in [5, 5.41) is 11.9. The van der Waals surface area contributed by atoms with Crippen LogP contribution in [0.25, 0.3) is 11.4 Å². The lowest BCUT2D eigenvalue weighted by atomic mass is 10.2. The molecule has 0 saturated carbocycles. The van der Waals surface area contributed by atoms with E-state index in [1.807, 2.05) is 12.1 Å². The Hall–Kier alpha value is -1.66. The monoisotopic (exact) mass is 361 g/mol. The molecule has 0 radical (unpaired) electrons. The van der Waals surface area contributed by atoms with Gasteiger partial charge in [0.2, 0.25) is 0 Å². The molecule has 0 unspecified atom stereocenters. The van der Waals surface area contributed by atoms with E-state index in [9.17, 15) is 4.39 Å². The van der Waals surface area contributed by atoms with Crippen LogP contribution in [0.15, 0.2) is 40.9 Å². The molecule has 0 saturated heterocycles. The van der Waals surface area contributed by atoms with Gasteiger partial charge in [0.25, 0.3) is 0 Å². The number of aryl methyl sites for hydroxylation is 1. The largest absolute Gasteiger partial charge is 0.302 e. The number of rotatable bonds is 7. The van der Waals surface area contributed by atoms with Crippen LogP contribution in [0.3, 0.4) is 0 Å². The maximum absolute atomic E-state index is 13.0. The number of halogens is 1. The van der Waals surface area contributed by atoms with Crippen molar-refractivity contribution in [2.24, 2.45) is 0 Å². The van der Waals surface area contributed by atoms with Gasteiger partial charge in [-0.3, -0.25) is 0 Å². The summed E-state index contributed by atoms with van der Waals surface area (Å²) in [5.41, 5.74) is 2.23. The molecule has 3 aromatic rings. The van der Waals surface area contributed by atoms with E-state index in [1.54, 1.807) is 23.1 Å². The average molecular weight is 362 g/mol. The van der Waals surface area contributed by atoms with Crippen LogP contribution < -0.4 is 0 Å². The zero-order valence-corrected chi connectivity index (χ0v) is 15.5. The lowest BCUT2D eigenvalue weighted by molar-refractivity contribution is 0.625. The first kappa shape index (κ1) is 17.2. The van der Waals surface area contributed by atoms with Gasteiger partial charge in [-0.05, 0) is 36.6 Å². The lowest BCUT2D eigenvalue weighted by Gasteiger charge is -2.08. The van der Waals surface area contributed by atoms with Crippen molar-refractivity contribution in [3.05, 3.63) is 52.0 Å². The normalized spacial score (nSPS) is 11.1. The lowest BCUT2D eigenvalue weighted by Crippen LogP contribution is -2.01. The van der Waals surface area contributed by atoms with Gasteiger partial charge in [0.15, 0.2) is 11.0 Å². The van der Waals surface area contributed by atoms with E-state index in [4.69, 9.17) is 0 Å². The number of hydrogen-bond acceptors (Lipinski definition) is 4. The second-order valence-electron chi connectivity index (χ2n) is 5.53. The Balaban J connectivity index is 1.81. The first-order chi connectivity index (χ1) is 11.7. The third-order valence-corrected chi connectivity index (χ3v) is 5.82. The Labute approximate surface area is 149 Å². The van der Waals surface area contributed by atoms with Crippen LogP contribution in [0.2, 0.25) is 0 Å². The summed E-state index contributed by atoms with van der Waals surface area (Å²) in [6.45, 7) is 5.21. The molecule has 126 valence electrons. The van der Waals surface area contributed by atoms with Gasteiger partial charge in [-0.15, -0.1) is 21.5 Å². The predicted molar refractivity (Wildman–Crippen MR) is 99.0 cm³/mol. The van der Waals surface area contributed by atoms with Crippen LogP contribution in [0.5, 0.6) is 0 Å². The van der Waals surface area contributed by atoms with Gasteiger partial charge in [-0.2, -0.15) is 0 Å². The highest BCUT2D eigenvalue weighted by atomic mass is 32.2. The van der Waals surface area contributed by atoms with Crippen molar-refractivity contribution >= 4 is 23.1 Å². The summed E-state index contributed by atoms with van der Waals surface area (Å²) < 4.78 is 15.2. The van der Waals surface area contributed by atoms with Crippen molar-refractivity contribution in [3.8, 4) is 11.4 Å². The number of aromatic nitrogens is 3. The first-order valence-electron chi connectivity index (χ1n) is 8.09. The molecule has 0 spiro atoms. The quantitative estimate of drug-likeness (QED) is 0.527. The summed E-state index contributed by atoms with van der Waals surface area (Å²) >= 11 is 3.41. The Kier molecular flexibility index (Phi) is 5.68. The second kappa shape index (κ2) is 7.94. The molecule has 0 aliphatic carbocycles. The molecule has 2 heterocycles. The van der Waals surface area contributed by atoms with Gasteiger partial charge in [0.1, 0.15) is 5.82 Å². The molecule has 0 bridgehead atoms. The van der Waals surface area contributed by atoms with E-state index in [-0.39, 0.29) is 5.82 Å². The summed E-state index contributed by atoms with van der Waals surface area (Å²) in [7, 11) is 0. The summed E-state index contributed by atoms with van der Waals surface area (Å²) in [6, 6.07) is 8.83. The summed E-state index contributed by atoms with van der Waals surface area (Å²) in [4.78, 5) is 1.36. The standard InChI is InChI=1S/C18H20FN3S2/c1-3-9-22-17(14-10-16(4-2)23-12-14)20-21-18(22)24-11-13-5-7-15(19)8-6-13/h5-8,10,12H,3-4,9,11H2,1-2H3. The highest BCUT2D eigenvalue weighted by molar-refractivity contribution is 7.98. The van der Waals surface area contributed by atoms with Crippen molar-refractivity contribution in [2.45, 2.75) is 44.1 Å². The number of thioether (sulfide) groups is 1. The highest BCUT2D eigenvalue weighted by Crippen LogP contribution is 2.29. The van der Waals surface area contributed by atoms with E-state index in [1.165, 1.54) is 17.0 Å². The average Bonchev–Trinajstić information content (AvgIpc) is 3.21. The zero-order valence-electron chi connectivity index (χ0n) is 13.8. The molecule has 24 heavy (non-hydrogen) atoms. The molecular weight excluding hydrogens is 341 g/mol.